The highest BCUT2D eigenvalue weighted by Crippen LogP contribution is 2.30. The number of halogens is 3. The standard InChI is InChI=1S/C30H28F3N/c31-30(32,33)28-18-16-25(17-19-28)23-34(22-24-10-4-1-5-11-24)21-20-29(26-12-6-2-7-13-26)27-14-8-3-9-15-27/h1-19,29H,20-23H2. The van der Waals surface area contributed by atoms with Crippen LogP contribution in [-0.4, -0.2) is 11.4 Å². The van der Waals surface area contributed by atoms with Crippen LogP contribution in [0, 0.1) is 0 Å². The smallest absolute Gasteiger partial charge is 0.295 e. The lowest BCUT2D eigenvalue weighted by Gasteiger charge is -2.26. The van der Waals surface area contributed by atoms with Crippen LogP contribution in [0.25, 0.3) is 0 Å². The van der Waals surface area contributed by atoms with E-state index in [2.05, 4.69) is 65.6 Å². The highest BCUT2D eigenvalue weighted by atomic mass is 19.4. The zero-order valence-electron chi connectivity index (χ0n) is 19.0. The van der Waals surface area contributed by atoms with Gasteiger partial charge >= 0.3 is 6.18 Å². The summed E-state index contributed by atoms with van der Waals surface area (Å²) >= 11 is 0. The van der Waals surface area contributed by atoms with Gasteiger partial charge in [-0.2, -0.15) is 13.2 Å². The summed E-state index contributed by atoms with van der Waals surface area (Å²) < 4.78 is 39.0. The molecule has 4 heteroatoms. The van der Waals surface area contributed by atoms with Crippen molar-refractivity contribution in [2.24, 2.45) is 0 Å². The number of nitrogens with zero attached hydrogens (tertiary/aromatic N) is 1. The molecule has 0 bridgehead atoms. The van der Waals surface area contributed by atoms with Gasteiger partial charge in [-0.1, -0.05) is 103 Å². The van der Waals surface area contributed by atoms with E-state index in [0.717, 1.165) is 25.1 Å². The van der Waals surface area contributed by atoms with Gasteiger partial charge in [0.2, 0.25) is 0 Å². The largest absolute Gasteiger partial charge is 0.416 e. The van der Waals surface area contributed by atoms with E-state index in [9.17, 15) is 13.2 Å². The van der Waals surface area contributed by atoms with Crippen LogP contribution in [0.15, 0.2) is 115 Å². The molecule has 4 aromatic rings. The average Bonchev–Trinajstić information content (AvgIpc) is 2.86. The Morgan fingerprint density at radius 3 is 1.47 bits per heavy atom. The summed E-state index contributed by atoms with van der Waals surface area (Å²) in [7, 11) is 0. The fourth-order valence-corrected chi connectivity index (χ4v) is 4.32. The molecule has 0 aliphatic heterocycles. The summed E-state index contributed by atoms with van der Waals surface area (Å²) in [5, 5.41) is 0. The molecular formula is C30H28F3N. The summed E-state index contributed by atoms with van der Waals surface area (Å²) in [5.74, 6) is 0.244. The van der Waals surface area contributed by atoms with Gasteiger partial charge in [0.15, 0.2) is 0 Å². The van der Waals surface area contributed by atoms with E-state index in [1.165, 1.54) is 28.8 Å². The van der Waals surface area contributed by atoms with E-state index in [1.807, 2.05) is 30.3 Å². The van der Waals surface area contributed by atoms with Gasteiger partial charge in [-0.05, 0) is 47.4 Å². The van der Waals surface area contributed by atoms with E-state index < -0.39 is 11.7 Å². The van der Waals surface area contributed by atoms with Crippen LogP contribution in [0.3, 0.4) is 0 Å². The van der Waals surface area contributed by atoms with Crippen LogP contribution >= 0.6 is 0 Å². The summed E-state index contributed by atoms with van der Waals surface area (Å²) in [4.78, 5) is 2.32. The molecular weight excluding hydrogens is 431 g/mol. The molecule has 0 N–H and O–H groups in total. The van der Waals surface area contributed by atoms with E-state index in [4.69, 9.17) is 0 Å². The maximum Gasteiger partial charge on any atom is 0.416 e. The fraction of sp³-hybridized carbons (Fsp3) is 0.200. The van der Waals surface area contributed by atoms with Crippen molar-refractivity contribution in [3.8, 4) is 0 Å². The Morgan fingerprint density at radius 2 is 1.00 bits per heavy atom. The lowest BCUT2D eigenvalue weighted by atomic mass is 9.88. The first-order valence-corrected chi connectivity index (χ1v) is 11.5. The van der Waals surface area contributed by atoms with Gasteiger partial charge in [-0.25, -0.2) is 0 Å². The van der Waals surface area contributed by atoms with Gasteiger partial charge in [0.05, 0.1) is 5.56 Å². The van der Waals surface area contributed by atoms with Crippen LogP contribution in [-0.2, 0) is 19.3 Å². The Labute approximate surface area is 199 Å². The van der Waals surface area contributed by atoms with Gasteiger partial charge in [0.1, 0.15) is 0 Å². The van der Waals surface area contributed by atoms with E-state index in [-0.39, 0.29) is 5.92 Å². The highest BCUT2D eigenvalue weighted by Gasteiger charge is 2.30. The van der Waals surface area contributed by atoms with E-state index in [1.54, 1.807) is 12.1 Å². The lowest BCUT2D eigenvalue weighted by Crippen LogP contribution is -2.25. The zero-order chi connectivity index (χ0) is 23.8. The van der Waals surface area contributed by atoms with E-state index >= 15 is 0 Å². The predicted molar refractivity (Wildman–Crippen MR) is 131 cm³/mol. The summed E-state index contributed by atoms with van der Waals surface area (Å²) in [6.45, 7) is 2.13. The first kappa shape index (κ1) is 23.8. The molecule has 0 saturated carbocycles. The van der Waals surface area contributed by atoms with Crippen LogP contribution in [0.5, 0.6) is 0 Å². The first-order valence-electron chi connectivity index (χ1n) is 11.5. The molecule has 0 aromatic heterocycles. The summed E-state index contributed by atoms with van der Waals surface area (Å²) in [5.41, 5.74) is 3.98. The van der Waals surface area contributed by atoms with Crippen molar-refractivity contribution >= 4 is 0 Å². The van der Waals surface area contributed by atoms with Gasteiger partial charge in [0, 0.05) is 19.0 Å². The van der Waals surface area contributed by atoms with Crippen LogP contribution in [0.2, 0.25) is 0 Å². The van der Waals surface area contributed by atoms with Crippen LogP contribution in [0.1, 0.15) is 40.2 Å². The maximum atomic E-state index is 13.0. The van der Waals surface area contributed by atoms with E-state index in [0.29, 0.717) is 6.54 Å². The van der Waals surface area contributed by atoms with Crippen molar-refractivity contribution in [3.63, 3.8) is 0 Å². The van der Waals surface area contributed by atoms with Gasteiger partial charge in [0.25, 0.3) is 0 Å². The second-order valence-corrected chi connectivity index (χ2v) is 8.55. The molecule has 0 aliphatic rings. The number of alkyl halides is 3. The Bertz CT molecular complexity index is 1090. The minimum Gasteiger partial charge on any atom is -0.295 e. The minimum atomic E-state index is -4.32. The molecule has 1 nitrogen and oxygen atoms in total. The number of rotatable bonds is 9. The van der Waals surface area contributed by atoms with Crippen molar-refractivity contribution in [1.29, 1.82) is 0 Å². The van der Waals surface area contributed by atoms with Crippen molar-refractivity contribution in [1.82, 2.24) is 4.90 Å². The molecule has 4 aromatic carbocycles. The summed E-state index contributed by atoms with van der Waals surface area (Å²) in [6, 6.07) is 36.7. The molecule has 0 radical (unpaired) electrons. The van der Waals surface area contributed by atoms with Gasteiger partial charge in [-0.15, -0.1) is 0 Å². The number of hydrogen-bond acceptors (Lipinski definition) is 1. The van der Waals surface area contributed by atoms with Crippen molar-refractivity contribution < 1.29 is 13.2 Å². The third-order valence-electron chi connectivity index (χ3n) is 6.07. The Morgan fingerprint density at radius 1 is 0.559 bits per heavy atom. The maximum absolute atomic E-state index is 13.0. The molecule has 0 aliphatic carbocycles. The third kappa shape index (κ3) is 6.58. The molecule has 34 heavy (non-hydrogen) atoms. The average molecular weight is 460 g/mol. The molecule has 0 atom stereocenters. The molecule has 4 rings (SSSR count). The predicted octanol–water partition coefficient (Wildman–Crippen LogP) is 7.93. The summed E-state index contributed by atoms with van der Waals surface area (Å²) in [6.07, 6.45) is -3.41. The second kappa shape index (κ2) is 11.2. The van der Waals surface area contributed by atoms with Crippen molar-refractivity contribution in [3.05, 3.63) is 143 Å². The molecule has 0 spiro atoms. The number of benzene rings is 4. The minimum absolute atomic E-state index is 0.244. The van der Waals surface area contributed by atoms with Crippen molar-refractivity contribution in [2.45, 2.75) is 31.6 Å². The normalized spacial score (nSPS) is 11.8. The molecule has 174 valence electrons. The van der Waals surface area contributed by atoms with Crippen LogP contribution < -0.4 is 0 Å². The Kier molecular flexibility index (Phi) is 7.81. The molecule has 0 amide bonds. The van der Waals surface area contributed by atoms with Crippen LogP contribution in [0.4, 0.5) is 13.2 Å². The molecule has 0 fully saturated rings. The fourth-order valence-electron chi connectivity index (χ4n) is 4.32. The topological polar surface area (TPSA) is 3.24 Å². The zero-order valence-corrected chi connectivity index (χ0v) is 19.0. The SMILES string of the molecule is FC(F)(F)c1ccc(CN(CCC(c2ccccc2)c2ccccc2)Cc2ccccc2)cc1. The molecule has 0 unspecified atom stereocenters. The Hall–Kier alpha value is -3.37. The third-order valence-corrected chi connectivity index (χ3v) is 6.07. The monoisotopic (exact) mass is 459 g/mol. The molecule has 0 saturated heterocycles. The van der Waals surface area contributed by atoms with Gasteiger partial charge < -0.3 is 0 Å². The molecule has 0 heterocycles. The lowest BCUT2D eigenvalue weighted by molar-refractivity contribution is -0.137. The highest BCUT2D eigenvalue weighted by molar-refractivity contribution is 5.32. The van der Waals surface area contributed by atoms with Gasteiger partial charge in [-0.3, -0.25) is 4.90 Å². The first-order chi connectivity index (χ1) is 16.5. The second-order valence-electron chi connectivity index (χ2n) is 8.55. The quantitative estimate of drug-likeness (QED) is 0.246. The number of hydrogen-bond donors (Lipinski definition) is 0. The Balaban J connectivity index is 1.54. The van der Waals surface area contributed by atoms with Crippen molar-refractivity contribution in [2.75, 3.05) is 6.54 Å².